The second-order valence-electron chi connectivity index (χ2n) is 6.43. The number of nitrogens with zero attached hydrogens (tertiary/aromatic N) is 4. The lowest BCUT2D eigenvalue weighted by molar-refractivity contribution is -0.726. The van der Waals surface area contributed by atoms with Crippen LogP contribution in [0.3, 0.4) is 0 Å². The summed E-state index contributed by atoms with van der Waals surface area (Å²) in [7, 11) is 1.94. The third-order valence-corrected chi connectivity index (χ3v) is 4.74. The first-order valence-corrected chi connectivity index (χ1v) is 8.18. The number of aryl methyl sites for hydroxylation is 1. The van der Waals surface area contributed by atoms with E-state index in [9.17, 15) is 5.11 Å². The van der Waals surface area contributed by atoms with Crippen LogP contribution in [0.1, 0.15) is 24.5 Å². The number of H-pyrrole nitrogens is 1. The van der Waals surface area contributed by atoms with Crippen LogP contribution in [0, 0.1) is 0 Å². The Morgan fingerprint density at radius 3 is 3.00 bits per heavy atom. The maximum Gasteiger partial charge on any atom is 0.203 e. The number of hydrogen-bond acceptors (Lipinski definition) is 5. The van der Waals surface area contributed by atoms with E-state index in [1.165, 1.54) is 0 Å². The van der Waals surface area contributed by atoms with Gasteiger partial charge in [0.1, 0.15) is 5.82 Å². The summed E-state index contributed by atoms with van der Waals surface area (Å²) in [5.74, 6) is 0.885. The van der Waals surface area contributed by atoms with Crippen LogP contribution >= 0.6 is 0 Å². The minimum atomic E-state index is 0.179. The molecule has 0 amide bonds. The van der Waals surface area contributed by atoms with Gasteiger partial charge in [-0.25, -0.2) is 4.98 Å². The number of aliphatic hydroxyl groups excluding tert-OH is 1. The van der Waals surface area contributed by atoms with Crippen molar-refractivity contribution >= 4 is 11.5 Å². The molecular weight excluding hydrogens is 306 g/mol. The highest BCUT2D eigenvalue weighted by Gasteiger charge is 2.24. The molecule has 8 heteroatoms. The summed E-state index contributed by atoms with van der Waals surface area (Å²) in [6, 6.07) is 2.10. The number of aliphatic hydroxyl groups is 1. The van der Waals surface area contributed by atoms with Gasteiger partial charge < -0.3 is 16.2 Å². The molecule has 5 N–H and O–H groups in total. The molecule has 0 aromatic carbocycles. The van der Waals surface area contributed by atoms with Crippen molar-refractivity contribution in [1.82, 2.24) is 25.0 Å². The number of fused-ring (bicyclic) bond motifs is 1. The van der Waals surface area contributed by atoms with E-state index in [0.717, 1.165) is 41.9 Å². The van der Waals surface area contributed by atoms with E-state index in [1.54, 1.807) is 10.7 Å². The summed E-state index contributed by atoms with van der Waals surface area (Å²) in [5, 5.41) is 20.1. The molecule has 1 aliphatic rings. The van der Waals surface area contributed by atoms with Gasteiger partial charge in [-0.1, -0.05) is 0 Å². The van der Waals surface area contributed by atoms with Crippen molar-refractivity contribution in [2.45, 2.75) is 24.8 Å². The predicted octanol–water partition coefficient (Wildman–Crippen LogP) is -0.0410. The maximum atomic E-state index is 9.26. The lowest BCUT2D eigenvalue weighted by Crippen LogP contribution is -2.40. The highest BCUT2D eigenvalue weighted by Crippen LogP contribution is 2.29. The second-order valence-corrected chi connectivity index (χ2v) is 6.43. The van der Waals surface area contributed by atoms with Gasteiger partial charge in [-0.3, -0.25) is 0 Å². The number of anilines is 1. The van der Waals surface area contributed by atoms with Crippen LogP contribution in [0.15, 0.2) is 24.7 Å². The van der Waals surface area contributed by atoms with Crippen molar-refractivity contribution in [3.8, 4) is 11.1 Å². The van der Waals surface area contributed by atoms with Crippen LogP contribution in [0.4, 0.5) is 5.82 Å². The fourth-order valence-corrected chi connectivity index (χ4v) is 3.34. The number of nitrogens with two attached hydrogens (primary N) is 1. The monoisotopic (exact) mass is 328 g/mol. The number of nitrogens with one attached hydrogen (secondary N) is 2. The molecule has 4 rings (SSSR count). The van der Waals surface area contributed by atoms with E-state index in [1.807, 2.05) is 30.2 Å². The smallest absolute Gasteiger partial charge is 0.203 e. The summed E-state index contributed by atoms with van der Waals surface area (Å²) in [6.45, 7) is 0.981. The fourth-order valence-electron chi connectivity index (χ4n) is 3.34. The van der Waals surface area contributed by atoms with Crippen LogP contribution in [0.2, 0.25) is 0 Å². The molecular formula is C16H22N7O+. The molecule has 1 fully saturated rings. The molecule has 2 atom stereocenters. The Morgan fingerprint density at radius 1 is 1.46 bits per heavy atom. The van der Waals surface area contributed by atoms with Crippen molar-refractivity contribution in [3.05, 3.63) is 30.4 Å². The van der Waals surface area contributed by atoms with Gasteiger partial charge in [0.15, 0.2) is 12.7 Å². The van der Waals surface area contributed by atoms with Crippen LogP contribution < -0.4 is 15.7 Å². The zero-order chi connectivity index (χ0) is 16.7. The SMILES string of the molecule is C[n+]1cc(-c2cnn3c(N)cc([C@H]4CC[C@@H](CO)NC4)nc23)c[nH]1. The first kappa shape index (κ1) is 15.1. The van der Waals surface area contributed by atoms with E-state index in [-0.39, 0.29) is 12.6 Å². The van der Waals surface area contributed by atoms with Crippen molar-refractivity contribution in [3.63, 3.8) is 0 Å². The molecule has 24 heavy (non-hydrogen) atoms. The van der Waals surface area contributed by atoms with E-state index in [4.69, 9.17) is 10.7 Å². The maximum absolute atomic E-state index is 9.26. The first-order valence-electron chi connectivity index (χ1n) is 8.18. The van der Waals surface area contributed by atoms with Crippen LogP contribution in [-0.4, -0.2) is 44.0 Å². The van der Waals surface area contributed by atoms with Crippen LogP contribution in [-0.2, 0) is 7.05 Å². The van der Waals surface area contributed by atoms with Crippen molar-refractivity contribution < 1.29 is 9.79 Å². The molecule has 3 aromatic rings. The number of hydrogen-bond donors (Lipinski definition) is 4. The molecule has 3 aromatic heterocycles. The highest BCUT2D eigenvalue weighted by atomic mass is 16.3. The zero-order valence-electron chi connectivity index (χ0n) is 13.6. The van der Waals surface area contributed by atoms with E-state index in [0.29, 0.717) is 11.7 Å². The van der Waals surface area contributed by atoms with E-state index in [2.05, 4.69) is 15.5 Å². The quantitative estimate of drug-likeness (QED) is 0.505. The molecule has 0 bridgehead atoms. The number of aromatic amines is 1. The fraction of sp³-hybridized carbons (Fsp3) is 0.438. The molecule has 0 spiro atoms. The molecule has 1 aliphatic heterocycles. The Labute approximate surface area is 139 Å². The highest BCUT2D eigenvalue weighted by molar-refractivity contribution is 5.76. The Hall–Kier alpha value is -2.45. The molecule has 0 saturated carbocycles. The van der Waals surface area contributed by atoms with Gasteiger partial charge in [-0.2, -0.15) is 14.7 Å². The summed E-state index contributed by atoms with van der Waals surface area (Å²) < 4.78 is 3.56. The van der Waals surface area contributed by atoms with Gasteiger partial charge in [0.25, 0.3) is 0 Å². The van der Waals surface area contributed by atoms with E-state index >= 15 is 0 Å². The summed E-state index contributed by atoms with van der Waals surface area (Å²) in [5.41, 5.74) is 9.93. The van der Waals surface area contributed by atoms with Crippen LogP contribution in [0.5, 0.6) is 0 Å². The third-order valence-electron chi connectivity index (χ3n) is 4.74. The average Bonchev–Trinajstić information content (AvgIpc) is 3.21. The molecule has 0 unspecified atom stereocenters. The molecule has 0 aliphatic carbocycles. The predicted molar refractivity (Wildman–Crippen MR) is 89.2 cm³/mol. The number of piperidine rings is 1. The number of rotatable bonds is 3. The van der Waals surface area contributed by atoms with Gasteiger partial charge in [0.05, 0.1) is 35.8 Å². The lowest BCUT2D eigenvalue weighted by atomic mass is 9.92. The van der Waals surface area contributed by atoms with Crippen molar-refractivity contribution in [1.29, 1.82) is 0 Å². The molecule has 1 saturated heterocycles. The first-order chi connectivity index (χ1) is 11.7. The number of aromatic nitrogens is 5. The average molecular weight is 328 g/mol. The zero-order valence-corrected chi connectivity index (χ0v) is 13.6. The lowest BCUT2D eigenvalue weighted by Gasteiger charge is -2.28. The van der Waals surface area contributed by atoms with Gasteiger partial charge in [-0.05, 0) is 12.8 Å². The Morgan fingerprint density at radius 2 is 2.33 bits per heavy atom. The third kappa shape index (κ3) is 2.53. The molecule has 4 heterocycles. The summed E-state index contributed by atoms with van der Waals surface area (Å²) in [4.78, 5) is 4.85. The minimum Gasteiger partial charge on any atom is -0.395 e. The van der Waals surface area contributed by atoms with Gasteiger partial charge in [-0.15, -0.1) is 4.68 Å². The summed E-state index contributed by atoms with van der Waals surface area (Å²) in [6.07, 6.45) is 7.65. The van der Waals surface area contributed by atoms with E-state index < -0.39 is 0 Å². The molecule has 0 radical (unpaired) electrons. The van der Waals surface area contributed by atoms with Gasteiger partial charge in [0, 0.05) is 24.6 Å². The topological polar surface area (TPSA) is 108 Å². The Kier molecular flexibility index (Phi) is 3.70. The Balaban J connectivity index is 1.73. The molecule has 126 valence electrons. The normalized spacial score (nSPS) is 21.4. The van der Waals surface area contributed by atoms with Crippen molar-refractivity contribution in [2.24, 2.45) is 7.05 Å². The van der Waals surface area contributed by atoms with Crippen LogP contribution in [0.25, 0.3) is 16.8 Å². The van der Waals surface area contributed by atoms with Gasteiger partial charge in [0.2, 0.25) is 6.20 Å². The summed E-state index contributed by atoms with van der Waals surface area (Å²) >= 11 is 0. The second kappa shape index (κ2) is 5.88. The number of nitrogen functional groups attached to an aromatic ring is 1. The van der Waals surface area contributed by atoms with Gasteiger partial charge >= 0.3 is 0 Å². The standard InChI is InChI=1S/C16H21N7O/c1-22-8-11(6-19-22)13-7-20-23-15(17)4-14(21-16(13)23)10-2-3-12(9-24)18-5-10/h4,6-8,10,12,18,24H,2-3,5,9H2,1H3,(H2,17,20,21)/p+1/t10-,12-/m0/s1. The molecule has 8 nitrogen and oxygen atoms in total. The Bertz CT molecular complexity index is 861. The largest absolute Gasteiger partial charge is 0.395 e. The van der Waals surface area contributed by atoms with Crippen molar-refractivity contribution in [2.75, 3.05) is 18.9 Å². The minimum absolute atomic E-state index is 0.179.